The number of aryl methyl sites for hydroxylation is 1. The maximum atomic E-state index is 11.6. The molecule has 0 radical (unpaired) electrons. The molecule has 1 aliphatic rings. The van der Waals surface area contributed by atoms with Crippen LogP contribution in [0.1, 0.15) is 47.8 Å². The molecule has 0 atom stereocenters. The van der Waals surface area contributed by atoms with Crippen molar-refractivity contribution in [1.82, 2.24) is 9.55 Å². The SMILES string of the molecule is COC(=O)c1ccc2nc(C3CCCC3)n(C)c2c1. The molecule has 100 valence electrons. The Labute approximate surface area is 112 Å². The molecule has 0 spiro atoms. The molecule has 1 saturated carbocycles. The van der Waals surface area contributed by atoms with Crippen LogP contribution in [0, 0.1) is 0 Å². The van der Waals surface area contributed by atoms with Crippen molar-refractivity contribution in [2.45, 2.75) is 31.6 Å². The molecule has 2 aromatic rings. The number of esters is 1. The zero-order chi connectivity index (χ0) is 13.4. The molecule has 0 saturated heterocycles. The zero-order valence-corrected chi connectivity index (χ0v) is 11.3. The monoisotopic (exact) mass is 258 g/mol. The zero-order valence-electron chi connectivity index (χ0n) is 11.3. The normalized spacial score (nSPS) is 16.1. The third-order valence-electron chi connectivity index (χ3n) is 4.06. The quantitative estimate of drug-likeness (QED) is 0.778. The van der Waals surface area contributed by atoms with Gasteiger partial charge >= 0.3 is 5.97 Å². The summed E-state index contributed by atoms with van der Waals surface area (Å²) in [5.41, 5.74) is 2.54. The highest BCUT2D eigenvalue weighted by molar-refractivity contribution is 5.93. The molecule has 4 heteroatoms. The van der Waals surface area contributed by atoms with Gasteiger partial charge in [-0.15, -0.1) is 0 Å². The van der Waals surface area contributed by atoms with Gasteiger partial charge < -0.3 is 9.30 Å². The van der Waals surface area contributed by atoms with Crippen molar-refractivity contribution in [3.8, 4) is 0 Å². The van der Waals surface area contributed by atoms with Crippen LogP contribution in [0.5, 0.6) is 0 Å². The van der Waals surface area contributed by atoms with Crippen molar-refractivity contribution in [2.24, 2.45) is 7.05 Å². The molecular formula is C15H18N2O2. The van der Waals surface area contributed by atoms with Crippen LogP contribution >= 0.6 is 0 Å². The second kappa shape index (κ2) is 4.68. The molecule has 19 heavy (non-hydrogen) atoms. The summed E-state index contributed by atoms with van der Waals surface area (Å²) in [6, 6.07) is 5.55. The highest BCUT2D eigenvalue weighted by Crippen LogP contribution is 2.34. The topological polar surface area (TPSA) is 44.1 Å². The van der Waals surface area contributed by atoms with Crippen LogP contribution in [0.2, 0.25) is 0 Å². The predicted molar refractivity (Wildman–Crippen MR) is 73.3 cm³/mol. The van der Waals surface area contributed by atoms with Crippen molar-refractivity contribution >= 4 is 17.0 Å². The first kappa shape index (κ1) is 12.2. The Bertz CT molecular complexity index is 624. The van der Waals surface area contributed by atoms with Crippen LogP contribution < -0.4 is 0 Å². The molecule has 1 aliphatic carbocycles. The van der Waals surface area contributed by atoms with Crippen molar-refractivity contribution in [2.75, 3.05) is 7.11 Å². The van der Waals surface area contributed by atoms with Gasteiger partial charge in [-0.3, -0.25) is 0 Å². The van der Waals surface area contributed by atoms with Crippen molar-refractivity contribution < 1.29 is 9.53 Å². The van der Waals surface area contributed by atoms with Gasteiger partial charge in [-0.2, -0.15) is 0 Å². The average Bonchev–Trinajstić information content (AvgIpc) is 3.06. The van der Waals surface area contributed by atoms with Gasteiger partial charge in [0.1, 0.15) is 5.82 Å². The van der Waals surface area contributed by atoms with E-state index in [1.807, 2.05) is 19.2 Å². The summed E-state index contributed by atoms with van der Waals surface area (Å²) in [4.78, 5) is 16.3. The average molecular weight is 258 g/mol. The van der Waals surface area contributed by atoms with E-state index in [0.717, 1.165) is 16.9 Å². The number of ether oxygens (including phenoxy) is 1. The fraction of sp³-hybridized carbons (Fsp3) is 0.467. The van der Waals surface area contributed by atoms with E-state index in [-0.39, 0.29) is 5.97 Å². The van der Waals surface area contributed by atoms with E-state index in [9.17, 15) is 4.79 Å². The maximum absolute atomic E-state index is 11.6. The molecule has 1 heterocycles. The summed E-state index contributed by atoms with van der Waals surface area (Å²) < 4.78 is 6.89. The van der Waals surface area contributed by atoms with E-state index in [0.29, 0.717) is 11.5 Å². The number of hydrogen-bond acceptors (Lipinski definition) is 3. The first-order chi connectivity index (χ1) is 9.20. The van der Waals surface area contributed by atoms with E-state index in [1.165, 1.54) is 32.8 Å². The lowest BCUT2D eigenvalue weighted by atomic mass is 10.1. The largest absolute Gasteiger partial charge is 0.465 e. The van der Waals surface area contributed by atoms with E-state index < -0.39 is 0 Å². The van der Waals surface area contributed by atoms with Crippen LogP contribution in [0.25, 0.3) is 11.0 Å². The lowest BCUT2D eigenvalue weighted by molar-refractivity contribution is 0.0601. The van der Waals surface area contributed by atoms with Crippen molar-refractivity contribution in [1.29, 1.82) is 0 Å². The Kier molecular flexibility index (Phi) is 3.01. The summed E-state index contributed by atoms with van der Waals surface area (Å²) in [5.74, 6) is 1.42. The molecule has 1 fully saturated rings. The van der Waals surface area contributed by atoms with Gasteiger partial charge in [0.25, 0.3) is 0 Å². The van der Waals surface area contributed by atoms with Gasteiger partial charge in [-0.1, -0.05) is 12.8 Å². The molecule has 1 aromatic heterocycles. The summed E-state index contributed by atoms with van der Waals surface area (Å²) in [6.45, 7) is 0. The highest BCUT2D eigenvalue weighted by atomic mass is 16.5. The van der Waals surface area contributed by atoms with Gasteiger partial charge in [0.15, 0.2) is 0 Å². The van der Waals surface area contributed by atoms with Crippen molar-refractivity contribution in [3.05, 3.63) is 29.6 Å². The van der Waals surface area contributed by atoms with Crippen LogP contribution in [0.4, 0.5) is 0 Å². The summed E-state index contributed by atoms with van der Waals surface area (Å²) in [6.07, 6.45) is 5.03. The number of rotatable bonds is 2. The number of carbonyl (C=O) groups excluding carboxylic acids is 1. The fourth-order valence-corrected chi connectivity index (χ4v) is 3.00. The first-order valence-electron chi connectivity index (χ1n) is 6.75. The van der Waals surface area contributed by atoms with E-state index in [2.05, 4.69) is 4.57 Å². The van der Waals surface area contributed by atoms with Crippen LogP contribution in [-0.2, 0) is 11.8 Å². The number of benzene rings is 1. The predicted octanol–water partition coefficient (Wildman–Crippen LogP) is 3.02. The minimum absolute atomic E-state index is 0.300. The Morgan fingerprint density at radius 1 is 1.37 bits per heavy atom. The van der Waals surface area contributed by atoms with Gasteiger partial charge in [0.05, 0.1) is 23.7 Å². The molecule has 0 unspecified atom stereocenters. The summed E-state index contributed by atoms with van der Waals surface area (Å²) in [7, 11) is 3.43. The third-order valence-corrected chi connectivity index (χ3v) is 4.06. The van der Waals surface area contributed by atoms with Gasteiger partial charge in [-0.25, -0.2) is 9.78 Å². The standard InChI is InChI=1S/C15H18N2O2/c1-17-13-9-11(15(18)19-2)7-8-12(13)16-14(17)10-5-3-4-6-10/h7-10H,3-6H2,1-2H3. The van der Waals surface area contributed by atoms with E-state index in [1.54, 1.807) is 6.07 Å². The lowest BCUT2D eigenvalue weighted by Gasteiger charge is -2.08. The highest BCUT2D eigenvalue weighted by Gasteiger charge is 2.22. The second-order valence-corrected chi connectivity index (χ2v) is 5.21. The van der Waals surface area contributed by atoms with Crippen LogP contribution in [-0.4, -0.2) is 22.6 Å². The van der Waals surface area contributed by atoms with E-state index >= 15 is 0 Å². The molecule has 3 rings (SSSR count). The molecule has 0 aliphatic heterocycles. The number of nitrogens with zero attached hydrogens (tertiary/aromatic N) is 2. The number of aromatic nitrogens is 2. The minimum Gasteiger partial charge on any atom is -0.465 e. The smallest absolute Gasteiger partial charge is 0.337 e. The van der Waals surface area contributed by atoms with Crippen LogP contribution in [0.15, 0.2) is 18.2 Å². The third kappa shape index (κ3) is 2.01. The number of fused-ring (bicyclic) bond motifs is 1. The number of carbonyl (C=O) groups is 1. The van der Waals surface area contributed by atoms with Gasteiger partial charge in [-0.05, 0) is 31.0 Å². The molecule has 0 N–H and O–H groups in total. The Morgan fingerprint density at radius 3 is 2.79 bits per heavy atom. The molecule has 1 aromatic carbocycles. The number of methoxy groups -OCH3 is 1. The first-order valence-corrected chi connectivity index (χ1v) is 6.75. The molecular weight excluding hydrogens is 240 g/mol. The molecule has 0 amide bonds. The van der Waals surface area contributed by atoms with Crippen LogP contribution in [0.3, 0.4) is 0 Å². The van der Waals surface area contributed by atoms with E-state index in [4.69, 9.17) is 9.72 Å². The second-order valence-electron chi connectivity index (χ2n) is 5.21. The Morgan fingerprint density at radius 2 is 2.11 bits per heavy atom. The summed E-state index contributed by atoms with van der Waals surface area (Å²) in [5, 5.41) is 0. The van der Waals surface area contributed by atoms with Gasteiger partial charge in [0, 0.05) is 13.0 Å². The Balaban J connectivity index is 2.07. The number of hydrogen-bond donors (Lipinski definition) is 0. The molecule has 0 bridgehead atoms. The van der Waals surface area contributed by atoms with Crippen molar-refractivity contribution in [3.63, 3.8) is 0 Å². The Hall–Kier alpha value is -1.84. The fourth-order valence-electron chi connectivity index (χ4n) is 3.00. The minimum atomic E-state index is -0.300. The summed E-state index contributed by atoms with van der Waals surface area (Å²) >= 11 is 0. The number of imidazole rings is 1. The molecule has 4 nitrogen and oxygen atoms in total. The maximum Gasteiger partial charge on any atom is 0.337 e. The van der Waals surface area contributed by atoms with Gasteiger partial charge in [0.2, 0.25) is 0 Å². The lowest BCUT2D eigenvalue weighted by Crippen LogP contribution is -2.03.